The molecule has 0 aliphatic heterocycles. The molecular formula is C13H15F2N3. The molecule has 1 heterocycles. The van der Waals surface area contributed by atoms with Crippen molar-refractivity contribution in [3.8, 4) is 0 Å². The first-order valence-electron chi connectivity index (χ1n) is 5.81. The summed E-state index contributed by atoms with van der Waals surface area (Å²) >= 11 is 0. The average Bonchev–Trinajstić information content (AvgIpc) is 2.69. The van der Waals surface area contributed by atoms with Crippen LogP contribution in [0.5, 0.6) is 0 Å². The average molecular weight is 251 g/mol. The highest BCUT2D eigenvalue weighted by atomic mass is 19.1. The number of benzene rings is 1. The smallest absolute Gasteiger partial charge is 0.149 e. The molecule has 0 bridgehead atoms. The van der Waals surface area contributed by atoms with Crippen molar-refractivity contribution in [2.45, 2.75) is 19.9 Å². The van der Waals surface area contributed by atoms with Gasteiger partial charge in [-0.2, -0.15) is 5.10 Å². The fraction of sp³-hybridized carbons (Fsp3) is 0.308. The Morgan fingerprint density at radius 3 is 2.56 bits per heavy atom. The molecule has 1 aromatic carbocycles. The zero-order chi connectivity index (χ0) is 13.1. The van der Waals surface area contributed by atoms with Crippen LogP contribution in [0.25, 0.3) is 0 Å². The normalized spacial score (nSPS) is 10.7. The zero-order valence-corrected chi connectivity index (χ0v) is 10.4. The van der Waals surface area contributed by atoms with Gasteiger partial charge in [-0.15, -0.1) is 0 Å². The van der Waals surface area contributed by atoms with Crippen LogP contribution < -0.4 is 5.32 Å². The van der Waals surface area contributed by atoms with Crippen molar-refractivity contribution >= 4 is 5.69 Å². The van der Waals surface area contributed by atoms with E-state index in [1.807, 2.05) is 20.2 Å². The number of halogens is 2. The van der Waals surface area contributed by atoms with Gasteiger partial charge in [0.15, 0.2) is 0 Å². The summed E-state index contributed by atoms with van der Waals surface area (Å²) in [7, 11) is 1.83. The number of aromatic nitrogens is 2. The highest BCUT2D eigenvalue weighted by molar-refractivity contribution is 5.46. The van der Waals surface area contributed by atoms with Crippen molar-refractivity contribution in [3.63, 3.8) is 0 Å². The summed E-state index contributed by atoms with van der Waals surface area (Å²) in [4.78, 5) is 0. The molecule has 0 saturated carbocycles. The minimum atomic E-state index is -0.586. The molecule has 0 aliphatic carbocycles. The Labute approximate surface area is 104 Å². The minimum Gasteiger partial charge on any atom is -0.376 e. The van der Waals surface area contributed by atoms with Gasteiger partial charge in [-0.1, -0.05) is 13.0 Å². The molecule has 0 unspecified atom stereocenters. The fourth-order valence-corrected chi connectivity index (χ4v) is 1.88. The number of para-hydroxylation sites is 1. The van der Waals surface area contributed by atoms with Crippen LogP contribution in [0.4, 0.5) is 14.5 Å². The molecule has 0 fully saturated rings. The maximum atomic E-state index is 13.4. The molecular weight excluding hydrogens is 236 g/mol. The van der Waals surface area contributed by atoms with Crippen LogP contribution >= 0.6 is 0 Å². The van der Waals surface area contributed by atoms with E-state index in [2.05, 4.69) is 10.4 Å². The van der Waals surface area contributed by atoms with E-state index in [9.17, 15) is 8.78 Å². The molecule has 3 nitrogen and oxygen atoms in total. The number of anilines is 1. The molecule has 0 amide bonds. The van der Waals surface area contributed by atoms with Gasteiger partial charge < -0.3 is 5.32 Å². The van der Waals surface area contributed by atoms with Gasteiger partial charge in [0.2, 0.25) is 0 Å². The third kappa shape index (κ3) is 2.50. The zero-order valence-electron chi connectivity index (χ0n) is 10.4. The van der Waals surface area contributed by atoms with E-state index in [1.54, 1.807) is 4.68 Å². The summed E-state index contributed by atoms with van der Waals surface area (Å²) in [6.45, 7) is 2.35. The van der Waals surface area contributed by atoms with Gasteiger partial charge in [-0.3, -0.25) is 4.68 Å². The van der Waals surface area contributed by atoms with E-state index in [4.69, 9.17) is 0 Å². The maximum Gasteiger partial charge on any atom is 0.149 e. The summed E-state index contributed by atoms with van der Waals surface area (Å²) < 4.78 is 28.5. The molecule has 2 rings (SSSR count). The maximum absolute atomic E-state index is 13.4. The Morgan fingerprint density at radius 2 is 1.94 bits per heavy atom. The largest absolute Gasteiger partial charge is 0.376 e. The van der Waals surface area contributed by atoms with Crippen molar-refractivity contribution in [1.82, 2.24) is 9.78 Å². The van der Waals surface area contributed by atoms with Gasteiger partial charge >= 0.3 is 0 Å². The lowest BCUT2D eigenvalue weighted by Gasteiger charge is -2.08. The first kappa shape index (κ1) is 12.5. The van der Waals surface area contributed by atoms with Crippen LogP contribution in [0, 0.1) is 11.6 Å². The monoisotopic (exact) mass is 251 g/mol. The van der Waals surface area contributed by atoms with Crippen molar-refractivity contribution in [1.29, 1.82) is 0 Å². The van der Waals surface area contributed by atoms with E-state index >= 15 is 0 Å². The molecule has 0 radical (unpaired) electrons. The van der Waals surface area contributed by atoms with Gasteiger partial charge in [0.25, 0.3) is 0 Å². The van der Waals surface area contributed by atoms with Crippen LogP contribution in [0.15, 0.2) is 24.4 Å². The predicted molar refractivity (Wildman–Crippen MR) is 66.3 cm³/mol. The number of nitrogens with one attached hydrogen (secondary N) is 1. The van der Waals surface area contributed by atoms with E-state index in [1.165, 1.54) is 18.2 Å². The lowest BCUT2D eigenvalue weighted by molar-refractivity contribution is 0.588. The van der Waals surface area contributed by atoms with Gasteiger partial charge in [-0.05, 0) is 18.6 Å². The number of hydrogen-bond acceptors (Lipinski definition) is 2. The summed E-state index contributed by atoms with van der Waals surface area (Å²) in [5.74, 6) is -1.17. The highest BCUT2D eigenvalue weighted by Gasteiger charge is 2.10. The van der Waals surface area contributed by atoms with Crippen molar-refractivity contribution in [3.05, 3.63) is 47.3 Å². The molecule has 0 spiro atoms. The molecule has 96 valence electrons. The van der Waals surface area contributed by atoms with Crippen LogP contribution in [0.2, 0.25) is 0 Å². The van der Waals surface area contributed by atoms with Gasteiger partial charge in [-0.25, -0.2) is 8.78 Å². The second kappa shape index (κ2) is 5.16. The van der Waals surface area contributed by atoms with Crippen molar-refractivity contribution < 1.29 is 8.78 Å². The Kier molecular flexibility index (Phi) is 3.60. The molecule has 0 aliphatic rings. The van der Waals surface area contributed by atoms with Crippen molar-refractivity contribution in [2.24, 2.45) is 7.05 Å². The van der Waals surface area contributed by atoms with Crippen molar-refractivity contribution in [2.75, 3.05) is 5.32 Å². The standard InChI is InChI=1S/C13H15F2N3/c1-3-12-9(8-18(2)17-12)7-16-13-10(14)5-4-6-11(13)15/h4-6,8,16H,3,7H2,1-2H3. The number of aryl methyl sites for hydroxylation is 2. The Hall–Kier alpha value is -1.91. The minimum absolute atomic E-state index is 0.0941. The number of rotatable bonds is 4. The fourth-order valence-electron chi connectivity index (χ4n) is 1.88. The Balaban J connectivity index is 2.16. The molecule has 5 heteroatoms. The second-order valence-electron chi connectivity index (χ2n) is 4.08. The van der Waals surface area contributed by atoms with E-state index in [-0.39, 0.29) is 5.69 Å². The quantitative estimate of drug-likeness (QED) is 0.905. The van der Waals surface area contributed by atoms with E-state index in [0.29, 0.717) is 6.54 Å². The summed E-state index contributed by atoms with van der Waals surface area (Å²) in [6.07, 6.45) is 2.64. The number of nitrogens with zero attached hydrogens (tertiary/aromatic N) is 2. The molecule has 1 aromatic heterocycles. The summed E-state index contributed by atoms with van der Waals surface area (Å²) in [5.41, 5.74) is 1.79. The lowest BCUT2D eigenvalue weighted by Crippen LogP contribution is -2.04. The summed E-state index contributed by atoms with van der Waals surface area (Å²) in [6, 6.07) is 3.81. The molecule has 1 N–H and O–H groups in total. The van der Waals surface area contributed by atoms with Crippen LogP contribution in [0.3, 0.4) is 0 Å². The van der Waals surface area contributed by atoms with Gasteiger partial charge in [0, 0.05) is 25.4 Å². The summed E-state index contributed by atoms with van der Waals surface area (Å²) in [5, 5.41) is 7.06. The molecule has 0 saturated heterocycles. The van der Waals surface area contributed by atoms with Gasteiger partial charge in [0.05, 0.1) is 5.69 Å². The predicted octanol–water partition coefficient (Wildman–Crippen LogP) is 2.87. The van der Waals surface area contributed by atoms with E-state index in [0.717, 1.165) is 17.7 Å². The Morgan fingerprint density at radius 1 is 1.28 bits per heavy atom. The molecule has 0 atom stereocenters. The molecule has 18 heavy (non-hydrogen) atoms. The van der Waals surface area contributed by atoms with Crippen LogP contribution in [-0.2, 0) is 20.0 Å². The second-order valence-corrected chi connectivity index (χ2v) is 4.08. The van der Waals surface area contributed by atoms with Crippen LogP contribution in [-0.4, -0.2) is 9.78 Å². The first-order valence-corrected chi connectivity index (χ1v) is 5.81. The van der Waals surface area contributed by atoms with Gasteiger partial charge in [0.1, 0.15) is 17.3 Å². The number of hydrogen-bond donors (Lipinski definition) is 1. The lowest BCUT2D eigenvalue weighted by atomic mass is 10.2. The third-order valence-electron chi connectivity index (χ3n) is 2.75. The first-order chi connectivity index (χ1) is 8.61. The topological polar surface area (TPSA) is 29.9 Å². The molecule has 2 aromatic rings. The van der Waals surface area contributed by atoms with E-state index < -0.39 is 11.6 Å². The SMILES string of the molecule is CCc1nn(C)cc1CNc1c(F)cccc1F. The third-order valence-corrected chi connectivity index (χ3v) is 2.75. The van der Waals surface area contributed by atoms with Crippen LogP contribution in [0.1, 0.15) is 18.2 Å². The highest BCUT2D eigenvalue weighted by Crippen LogP contribution is 2.19. The Bertz CT molecular complexity index is 529.